The number of phenols is 1. The van der Waals surface area contributed by atoms with Gasteiger partial charge in [0.2, 0.25) is 0 Å². The molecule has 0 radical (unpaired) electrons. The molecule has 0 fully saturated rings. The molecule has 0 aliphatic heterocycles. The van der Waals surface area contributed by atoms with E-state index in [1.165, 1.54) is 0 Å². The van der Waals surface area contributed by atoms with E-state index >= 15 is 0 Å². The molecule has 5 nitrogen and oxygen atoms in total. The van der Waals surface area contributed by atoms with E-state index < -0.39 is 0 Å². The molecule has 2 aromatic rings. The zero-order valence-electron chi connectivity index (χ0n) is 9.25. The van der Waals surface area contributed by atoms with Gasteiger partial charge in [-0.15, -0.1) is 10.2 Å². The summed E-state index contributed by atoms with van der Waals surface area (Å²) in [6, 6.07) is 5.43. The lowest BCUT2D eigenvalue weighted by molar-refractivity contribution is 0.478. The normalized spacial score (nSPS) is 10.9. The summed E-state index contributed by atoms with van der Waals surface area (Å²) in [7, 11) is 0. The van der Waals surface area contributed by atoms with E-state index in [1.807, 2.05) is 18.4 Å². The fraction of sp³-hybridized carbons (Fsp3) is 0.273. The molecule has 84 valence electrons. The van der Waals surface area contributed by atoms with Crippen LogP contribution in [0.2, 0.25) is 0 Å². The van der Waals surface area contributed by atoms with Gasteiger partial charge in [0.1, 0.15) is 12.1 Å². The largest absolute Gasteiger partial charge is 0.505 e. The number of nitrogens with zero attached hydrogens (tertiary/aromatic N) is 3. The van der Waals surface area contributed by atoms with Crippen molar-refractivity contribution in [3.05, 3.63) is 24.5 Å². The molecule has 0 saturated heterocycles. The fourth-order valence-electron chi connectivity index (χ4n) is 1.56. The standard InChI is InChI=1S/C11H14N4O/c1-7(2)15-6-13-14-11(15)8-4-3-5-9(12)10(8)16/h3-7,16H,12H2,1-2H3. The predicted octanol–water partition coefficient (Wildman–Crippen LogP) is 1.81. The maximum absolute atomic E-state index is 9.87. The predicted molar refractivity (Wildman–Crippen MR) is 61.9 cm³/mol. The Morgan fingerprint density at radius 2 is 2.12 bits per heavy atom. The van der Waals surface area contributed by atoms with Gasteiger partial charge >= 0.3 is 0 Å². The van der Waals surface area contributed by atoms with Gasteiger partial charge in [-0.1, -0.05) is 6.07 Å². The number of hydrogen-bond donors (Lipinski definition) is 2. The number of nitrogens with two attached hydrogens (primary N) is 1. The Morgan fingerprint density at radius 1 is 1.38 bits per heavy atom. The highest BCUT2D eigenvalue weighted by molar-refractivity contribution is 5.72. The Morgan fingerprint density at radius 3 is 2.81 bits per heavy atom. The lowest BCUT2D eigenvalue weighted by atomic mass is 10.1. The molecule has 3 N–H and O–H groups in total. The van der Waals surface area contributed by atoms with Crippen molar-refractivity contribution in [3.63, 3.8) is 0 Å². The first-order valence-corrected chi connectivity index (χ1v) is 5.08. The molecule has 2 rings (SSSR count). The number of aromatic nitrogens is 3. The summed E-state index contributed by atoms with van der Waals surface area (Å²) in [5.74, 6) is 0.678. The van der Waals surface area contributed by atoms with E-state index in [0.29, 0.717) is 17.1 Å². The van der Waals surface area contributed by atoms with Gasteiger partial charge in [0.05, 0.1) is 11.3 Å². The summed E-state index contributed by atoms with van der Waals surface area (Å²) in [5.41, 5.74) is 6.59. The summed E-state index contributed by atoms with van der Waals surface area (Å²) in [5, 5.41) is 17.7. The number of para-hydroxylation sites is 1. The van der Waals surface area contributed by atoms with Crippen LogP contribution in [-0.4, -0.2) is 19.9 Å². The molecule has 16 heavy (non-hydrogen) atoms. The zero-order chi connectivity index (χ0) is 11.7. The van der Waals surface area contributed by atoms with Crippen LogP contribution in [-0.2, 0) is 0 Å². The van der Waals surface area contributed by atoms with Gasteiger partial charge in [-0.05, 0) is 26.0 Å². The highest BCUT2D eigenvalue weighted by Crippen LogP contribution is 2.33. The summed E-state index contributed by atoms with van der Waals surface area (Å²) < 4.78 is 1.88. The summed E-state index contributed by atoms with van der Waals surface area (Å²) in [6.07, 6.45) is 1.64. The number of anilines is 1. The molecule has 5 heteroatoms. The van der Waals surface area contributed by atoms with Crippen LogP contribution < -0.4 is 5.73 Å². The first-order chi connectivity index (χ1) is 7.61. The Hall–Kier alpha value is -2.04. The number of aromatic hydroxyl groups is 1. The Labute approximate surface area is 93.5 Å². The third-order valence-electron chi connectivity index (χ3n) is 2.44. The quantitative estimate of drug-likeness (QED) is 0.595. The van der Waals surface area contributed by atoms with Crippen LogP contribution in [0.5, 0.6) is 5.75 Å². The molecular weight excluding hydrogens is 204 g/mol. The summed E-state index contributed by atoms with van der Waals surface area (Å²) >= 11 is 0. The first kappa shape index (κ1) is 10.5. The maximum Gasteiger partial charge on any atom is 0.167 e. The van der Waals surface area contributed by atoms with E-state index in [1.54, 1.807) is 24.5 Å². The average molecular weight is 218 g/mol. The molecular formula is C11H14N4O. The lowest BCUT2D eigenvalue weighted by Crippen LogP contribution is -2.02. The van der Waals surface area contributed by atoms with Gasteiger partial charge in [-0.2, -0.15) is 0 Å². The van der Waals surface area contributed by atoms with Crippen LogP contribution in [0.3, 0.4) is 0 Å². The van der Waals surface area contributed by atoms with Gasteiger partial charge in [-0.3, -0.25) is 0 Å². The van der Waals surface area contributed by atoms with Crippen molar-refractivity contribution < 1.29 is 5.11 Å². The van der Waals surface area contributed by atoms with Crippen LogP contribution in [0.15, 0.2) is 24.5 Å². The van der Waals surface area contributed by atoms with Crippen LogP contribution in [0.25, 0.3) is 11.4 Å². The highest BCUT2D eigenvalue weighted by Gasteiger charge is 2.14. The van der Waals surface area contributed by atoms with Gasteiger partial charge in [0.25, 0.3) is 0 Å². The second-order valence-electron chi connectivity index (χ2n) is 3.90. The Bertz CT molecular complexity index is 504. The second-order valence-corrected chi connectivity index (χ2v) is 3.90. The lowest BCUT2D eigenvalue weighted by Gasteiger charge is -2.11. The number of benzene rings is 1. The van der Waals surface area contributed by atoms with Gasteiger partial charge in [0.15, 0.2) is 5.82 Å². The molecule has 1 aromatic carbocycles. The van der Waals surface area contributed by atoms with Crippen molar-refractivity contribution in [2.45, 2.75) is 19.9 Å². The molecule has 0 unspecified atom stereocenters. The summed E-state index contributed by atoms with van der Waals surface area (Å²) in [6.45, 7) is 4.05. The number of rotatable bonds is 2. The van der Waals surface area contributed by atoms with Crippen LogP contribution in [0.4, 0.5) is 5.69 Å². The molecule has 0 atom stereocenters. The van der Waals surface area contributed by atoms with Crippen molar-refractivity contribution in [3.8, 4) is 17.1 Å². The van der Waals surface area contributed by atoms with Crippen molar-refractivity contribution in [1.82, 2.24) is 14.8 Å². The molecule has 0 bridgehead atoms. The third-order valence-corrected chi connectivity index (χ3v) is 2.44. The molecule has 1 aromatic heterocycles. The Kier molecular flexibility index (Phi) is 2.52. The van der Waals surface area contributed by atoms with Crippen molar-refractivity contribution in [1.29, 1.82) is 0 Å². The molecule has 1 heterocycles. The van der Waals surface area contributed by atoms with Gasteiger partial charge < -0.3 is 15.4 Å². The zero-order valence-corrected chi connectivity index (χ0v) is 9.25. The van der Waals surface area contributed by atoms with Crippen LogP contribution in [0.1, 0.15) is 19.9 Å². The van der Waals surface area contributed by atoms with E-state index in [9.17, 15) is 5.11 Å². The topological polar surface area (TPSA) is 77.0 Å². The van der Waals surface area contributed by atoms with E-state index in [-0.39, 0.29) is 11.8 Å². The Balaban J connectivity index is 2.59. The van der Waals surface area contributed by atoms with Crippen LogP contribution in [0, 0.1) is 0 Å². The molecule has 0 amide bonds. The molecule has 0 aliphatic rings. The van der Waals surface area contributed by atoms with Gasteiger partial charge in [-0.25, -0.2) is 0 Å². The van der Waals surface area contributed by atoms with E-state index in [4.69, 9.17) is 5.73 Å². The molecule has 0 aliphatic carbocycles. The number of phenolic OH excluding ortho intramolecular Hbond substituents is 1. The maximum atomic E-state index is 9.87. The monoisotopic (exact) mass is 218 g/mol. The number of nitrogen functional groups attached to an aromatic ring is 1. The van der Waals surface area contributed by atoms with E-state index in [0.717, 1.165) is 0 Å². The minimum absolute atomic E-state index is 0.0531. The minimum Gasteiger partial charge on any atom is -0.505 e. The smallest absolute Gasteiger partial charge is 0.167 e. The van der Waals surface area contributed by atoms with E-state index in [2.05, 4.69) is 10.2 Å². The van der Waals surface area contributed by atoms with Crippen molar-refractivity contribution in [2.24, 2.45) is 0 Å². The minimum atomic E-state index is 0.0531. The first-order valence-electron chi connectivity index (χ1n) is 5.08. The molecule has 0 spiro atoms. The third kappa shape index (κ3) is 1.60. The average Bonchev–Trinajstić information content (AvgIpc) is 2.70. The summed E-state index contributed by atoms with van der Waals surface area (Å²) in [4.78, 5) is 0. The fourth-order valence-corrected chi connectivity index (χ4v) is 1.56. The van der Waals surface area contributed by atoms with Crippen molar-refractivity contribution in [2.75, 3.05) is 5.73 Å². The molecule has 0 saturated carbocycles. The SMILES string of the molecule is CC(C)n1cnnc1-c1cccc(N)c1O. The second kappa shape index (κ2) is 3.84. The number of hydrogen-bond acceptors (Lipinski definition) is 4. The van der Waals surface area contributed by atoms with Gasteiger partial charge in [0, 0.05) is 6.04 Å². The van der Waals surface area contributed by atoms with Crippen LogP contribution >= 0.6 is 0 Å². The van der Waals surface area contributed by atoms with Crippen molar-refractivity contribution >= 4 is 5.69 Å². The highest BCUT2D eigenvalue weighted by atomic mass is 16.3.